The number of hydrogen-bond acceptors (Lipinski definition) is 0. The van der Waals surface area contributed by atoms with Crippen molar-refractivity contribution in [1.29, 1.82) is 0 Å². The van der Waals surface area contributed by atoms with Crippen LogP contribution in [0.4, 0.5) is 0 Å². The van der Waals surface area contributed by atoms with Gasteiger partial charge in [-0.1, -0.05) is 19.4 Å². The van der Waals surface area contributed by atoms with Gasteiger partial charge in [-0.15, -0.1) is 6.58 Å². The summed E-state index contributed by atoms with van der Waals surface area (Å²) in [5.74, 6) is 0.939. The van der Waals surface area contributed by atoms with Gasteiger partial charge < -0.3 is 0 Å². The van der Waals surface area contributed by atoms with E-state index in [2.05, 4.69) is 27.4 Å². The Labute approximate surface area is 58.0 Å². The summed E-state index contributed by atoms with van der Waals surface area (Å²) in [6.45, 7) is 10.7. The highest BCUT2D eigenvalue weighted by Gasteiger charge is 2.45. The Morgan fingerprint density at radius 3 is 2.33 bits per heavy atom. The first kappa shape index (κ1) is 6.85. The van der Waals surface area contributed by atoms with Gasteiger partial charge in [-0.05, 0) is 31.1 Å². The molecule has 0 aromatic carbocycles. The van der Waals surface area contributed by atoms with E-state index in [0.717, 1.165) is 5.92 Å². The fourth-order valence-corrected chi connectivity index (χ4v) is 1.58. The molecule has 0 radical (unpaired) electrons. The highest BCUT2D eigenvalue weighted by atomic mass is 14.5. The molecule has 1 aliphatic carbocycles. The third-order valence-electron chi connectivity index (χ3n) is 2.51. The van der Waals surface area contributed by atoms with Gasteiger partial charge >= 0.3 is 0 Å². The lowest BCUT2D eigenvalue weighted by Gasteiger charge is -2.07. The smallest absolute Gasteiger partial charge is 0.0260 e. The SMILES string of the molecule is C=C(C)CC1(C)CC1C. The molecule has 2 unspecified atom stereocenters. The second kappa shape index (κ2) is 1.86. The Hall–Kier alpha value is -0.260. The standard InChI is InChI=1S/C9H16/c1-7(2)5-9(4)6-8(9)3/h8H,1,5-6H2,2-4H3. The van der Waals surface area contributed by atoms with Crippen LogP contribution in [0.2, 0.25) is 0 Å². The van der Waals surface area contributed by atoms with Crippen molar-refractivity contribution in [1.82, 2.24) is 0 Å². The summed E-state index contributed by atoms with van der Waals surface area (Å²) in [7, 11) is 0. The number of rotatable bonds is 2. The molecule has 0 amide bonds. The molecule has 0 saturated heterocycles. The van der Waals surface area contributed by atoms with Crippen LogP contribution in [0.15, 0.2) is 12.2 Å². The van der Waals surface area contributed by atoms with Crippen LogP contribution in [0.5, 0.6) is 0 Å². The van der Waals surface area contributed by atoms with Gasteiger partial charge in [0.15, 0.2) is 0 Å². The molecule has 2 atom stereocenters. The van der Waals surface area contributed by atoms with Crippen LogP contribution in [0, 0.1) is 11.3 Å². The molecule has 1 aliphatic rings. The summed E-state index contributed by atoms with van der Waals surface area (Å²) in [5.41, 5.74) is 1.97. The average Bonchev–Trinajstić information content (AvgIpc) is 2.10. The van der Waals surface area contributed by atoms with Gasteiger partial charge in [0, 0.05) is 0 Å². The minimum atomic E-state index is 0.631. The zero-order valence-corrected chi connectivity index (χ0v) is 6.70. The summed E-state index contributed by atoms with van der Waals surface area (Å²) in [6, 6.07) is 0. The molecule has 0 aliphatic heterocycles. The predicted octanol–water partition coefficient (Wildman–Crippen LogP) is 3.00. The zero-order chi connectivity index (χ0) is 7.07. The third kappa shape index (κ3) is 1.35. The maximum Gasteiger partial charge on any atom is -0.0260 e. The second-order valence-electron chi connectivity index (χ2n) is 3.89. The van der Waals surface area contributed by atoms with E-state index in [4.69, 9.17) is 0 Å². The summed E-state index contributed by atoms with van der Waals surface area (Å²) in [4.78, 5) is 0. The monoisotopic (exact) mass is 124 g/mol. The highest BCUT2D eigenvalue weighted by Crippen LogP contribution is 2.55. The van der Waals surface area contributed by atoms with Crippen molar-refractivity contribution in [2.24, 2.45) is 11.3 Å². The normalized spacial score (nSPS) is 40.6. The van der Waals surface area contributed by atoms with Crippen LogP contribution in [0.25, 0.3) is 0 Å². The molecular formula is C9H16. The van der Waals surface area contributed by atoms with Crippen LogP contribution in [0.3, 0.4) is 0 Å². The van der Waals surface area contributed by atoms with E-state index in [9.17, 15) is 0 Å². The molecule has 1 rings (SSSR count). The first-order valence-corrected chi connectivity index (χ1v) is 3.69. The van der Waals surface area contributed by atoms with E-state index in [1.807, 2.05) is 0 Å². The predicted molar refractivity (Wildman–Crippen MR) is 41.3 cm³/mol. The molecule has 0 heterocycles. The van der Waals surface area contributed by atoms with Crippen LogP contribution < -0.4 is 0 Å². The van der Waals surface area contributed by atoms with Crippen LogP contribution >= 0.6 is 0 Å². The fraction of sp³-hybridized carbons (Fsp3) is 0.778. The summed E-state index contributed by atoms with van der Waals surface area (Å²) in [6.07, 6.45) is 2.63. The van der Waals surface area contributed by atoms with E-state index < -0.39 is 0 Å². The molecular weight excluding hydrogens is 108 g/mol. The Morgan fingerprint density at radius 2 is 2.22 bits per heavy atom. The van der Waals surface area contributed by atoms with Crippen molar-refractivity contribution >= 4 is 0 Å². The van der Waals surface area contributed by atoms with E-state index >= 15 is 0 Å². The van der Waals surface area contributed by atoms with Gasteiger partial charge in [-0.3, -0.25) is 0 Å². The van der Waals surface area contributed by atoms with Gasteiger partial charge in [0.25, 0.3) is 0 Å². The van der Waals surface area contributed by atoms with Gasteiger partial charge in [0.2, 0.25) is 0 Å². The maximum absolute atomic E-state index is 3.91. The van der Waals surface area contributed by atoms with Gasteiger partial charge in [0.1, 0.15) is 0 Å². The van der Waals surface area contributed by atoms with Crippen molar-refractivity contribution in [3.05, 3.63) is 12.2 Å². The molecule has 1 saturated carbocycles. The molecule has 0 aromatic heterocycles. The molecule has 0 heteroatoms. The average molecular weight is 124 g/mol. The topological polar surface area (TPSA) is 0 Å². The van der Waals surface area contributed by atoms with Gasteiger partial charge in [-0.25, -0.2) is 0 Å². The largest absolute Gasteiger partial charge is 0.100 e. The van der Waals surface area contributed by atoms with Crippen molar-refractivity contribution in [2.45, 2.75) is 33.6 Å². The van der Waals surface area contributed by atoms with E-state index in [-0.39, 0.29) is 0 Å². The van der Waals surface area contributed by atoms with Crippen LogP contribution in [-0.4, -0.2) is 0 Å². The lowest BCUT2D eigenvalue weighted by molar-refractivity contribution is 0.516. The number of allylic oxidation sites excluding steroid dienone is 1. The van der Waals surface area contributed by atoms with Crippen LogP contribution in [-0.2, 0) is 0 Å². The molecule has 1 fully saturated rings. The summed E-state index contributed by atoms with van der Waals surface area (Å²) < 4.78 is 0. The highest BCUT2D eigenvalue weighted by molar-refractivity contribution is 5.05. The van der Waals surface area contributed by atoms with E-state index in [1.54, 1.807) is 0 Å². The minimum absolute atomic E-state index is 0.631. The van der Waals surface area contributed by atoms with Gasteiger partial charge in [-0.2, -0.15) is 0 Å². The Morgan fingerprint density at radius 1 is 1.78 bits per heavy atom. The van der Waals surface area contributed by atoms with E-state index in [0.29, 0.717) is 5.41 Å². The lowest BCUT2D eigenvalue weighted by Crippen LogP contribution is -1.95. The Kier molecular flexibility index (Phi) is 1.42. The van der Waals surface area contributed by atoms with Crippen molar-refractivity contribution in [2.75, 3.05) is 0 Å². The molecule has 0 spiro atoms. The summed E-state index contributed by atoms with van der Waals surface area (Å²) >= 11 is 0. The molecule has 9 heavy (non-hydrogen) atoms. The molecule has 52 valence electrons. The third-order valence-corrected chi connectivity index (χ3v) is 2.51. The van der Waals surface area contributed by atoms with E-state index in [1.165, 1.54) is 18.4 Å². The number of hydrogen-bond donors (Lipinski definition) is 0. The molecule has 0 aromatic rings. The lowest BCUT2D eigenvalue weighted by atomic mass is 9.98. The molecule has 0 N–H and O–H groups in total. The fourth-order valence-electron chi connectivity index (χ4n) is 1.58. The second-order valence-corrected chi connectivity index (χ2v) is 3.89. The molecule has 0 nitrogen and oxygen atoms in total. The molecule has 0 bridgehead atoms. The van der Waals surface area contributed by atoms with Crippen molar-refractivity contribution in [3.63, 3.8) is 0 Å². The first-order chi connectivity index (χ1) is 4.04. The van der Waals surface area contributed by atoms with Crippen LogP contribution in [0.1, 0.15) is 33.6 Å². The zero-order valence-electron chi connectivity index (χ0n) is 6.70. The van der Waals surface area contributed by atoms with Gasteiger partial charge in [0.05, 0.1) is 0 Å². The Bertz CT molecular complexity index is 135. The first-order valence-electron chi connectivity index (χ1n) is 3.69. The maximum atomic E-state index is 3.91. The van der Waals surface area contributed by atoms with Crippen molar-refractivity contribution in [3.8, 4) is 0 Å². The Balaban J connectivity index is 2.37. The minimum Gasteiger partial charge on any atom is -0.100 e. The summed E-state index contributed by atoms with van der Waals surface area (Å²) in [5, 5.41) is 0. The quantitative estimate of drug-likeness (QED) is 0.496. The van der Waals surface area contributed by atoms with Crippen molar-refractivity contribution < 1.29 is 0 Å².